The van der Waals surface area contributed by atoms with Crippen molar-refractivity contribution in [3.05, 3.63) is 78.8 Å². The van der Waals surface area contributed by atoms with E-state index in [1.54, 1.807) is 29.7 Å². The Morgan fingerprint density at radius 1 is 0.889 bits per heavy atom. The Balaban J connectivity index is 1.24. The van der Waals surface area contributed by atoms with Gasteiger partial charge in [-0.15, -0.1) is 11.3 Å². The van der Waals surface area contributed by atoms with Crippen LogP contribution < -0.4 is 10.4 Å². The molecule has 4 aromatic rings. The molecule has 0 saturated carbocycles. The molecular formula is C24H22N6O4S2. The molecule has 0 aliphatic carbocycles. The summed E-state index contributed by atoms with van der Waals surface area (Å²) in [5.74, 6) is -0.303. The first-order valence-corrected chi connectivity index (χ1v) is 13.3. The lowest BCUT2D eigenvalue weighted by Crippen LogP contribution is -2.49. The van der Waals surface area contributed by atoms with Crippen LogP contribution in [0.1, 0.15) is 10.4 Å². The maximum absolute atomic E-state index is 13.2. The number of benzene rings is 1. The number of amides is 1. The van der Waals surface area contributed by atoms with Crippen LogP contribution >= 0.6 is 11.3 Å². The highest BCUT2D eigenvalue weighted by Crippen LogP contribution is 2.34. The van der Waals surface area contributed by atoms with Crippen LogP contribution in [0.5, 0.6) is 0 Å². The molecule has 0 atom stereocenters. The van der Waals surface area contributed by atoms with Gasteiger partial charge in [0.25, 0.3) is 5.91 Å². The van der Waals surface area contributed by atoms with Crippen molar-refractivity contribution >= 4 is 33.2 Å². The molecule has 0 spiro atoms. The van der Waals surface area contributed by atoms with E-state index in [-0.39, 0.29) is 23.5 Å². The molecule has 4 heterocycles. The lowest BCUT2D eigenvalue weighted by atomic mass is 10.2. The minimum Gasteiger partial charge on any atom is -0.338 e. The maximum Gasteiger partial charge on any atom is 0.277 e. The third kappa shape index (κ3) is 4.84. The summed E-state index contributed by atoms with van der Waals surface area (Å²) in [6.45, 7) is 1.39. The molecule has 5 rings (SSSR count). The van der Waals surface area contributed by atoms with Crippen molar-refractivity contribution in [2.45, 2.75) is 4.90 Å². The number of carbonyl (C=O) groups excluding carboxylic acids is 1. The van der Waals surface area contributed by atoms with Crippen LogP contribution in [0.4, 0.5) is 5.95 Å². The molecule has 1 aliphatic heterocycles. The van der Waals surface area contributed by atoms with Crippen molar-refractivity contribution in [2.24, 2.45) is 0 Å². The Bertz CT molecular complexity index is 1450. The molecule has 1 amide bonds. The third-order valence-corrected chi connectivity index (χ3v) is 8.89. The molecule has 1 saturated heterocycles. The van der Waals surface area contributed by atoms with Gasteiger partial charge in [0.05, 0.1) is 21.0 Å². The van der Waals surface area contributed by atoms with Gasteiger partial charge in [0, 0.05) is 49.6 Å². The second-order valence-corrected chi connectivity index (χ2v) is 11.0. The van der Waals surface area contributed by atoms with E-state index in [0.717, 1.165) is 21.0 Å². The van der Waals surface area contributed by atoms with E-state index in [9.17, 15) is 13.2 Å². The van der Waals surface area contributed by atoms with Crippen molar-refractivity contribution in [2.75, 3.05) is 31.1 Å². The van der Waals surface area contributed by atoms with E-state index >= 15 is 0 Å². The molecule has 1 aromatic carbocycles. The SMILES string of the molecule is O=C(NO)c1cnc(N2CCN(S(=O)(=O)c3ccc(-c4ccc(-c5ccccn5)s4)cc3)CC2)nc1. The predicted octanol–water partition coefficient (Wildman–Crippen LogP) is 2.90. The fourth-order valence-electron chi connectivity index (χ4n) is 3.87. The largest absolute Gasteiger partial charge is 0.338 e. The molecule has 184 valence electrons. The van der Waals surface area contributed by atoms with Crippen LogP contribution in [0, 0.1) is 0 Å². The lowest BCUT2D eigenvalue weighted by Gasteiger charge is -2.33. The van der Waals surface area contributed by atoms with Crippen LogP contribution in [-0.2, 0) is 10.0 Å². The van der Waals surface area contributed by atoms with Crippen LogP contribution in [0.3, 0.4) is 0 Å². The number of nitrogens with zero attached hydrogens (tertiary/aromatic N) is 5. The van der Waals surface area contributed by atoms with Gasteiger partial charge in [-0.2, -0.15) is 4.31 Å². The zero-order valence-corrected chi connectivity index (χ0v) is 20.6. The summed E-state index contributed by atoms with van der Waals surface area (Å²) in [6.07, 6.45) is 4.38. The smallest absolute Gasteiger partial charge is 0.277 e. The fraction of sp³-hybridized carbons (Fsp3) is 0.167. The van der Waals surface area contributed by atoms with E-state index in [1.807, 2.05) is 47.4 Å². The van der Waals surface area contributed by atoms with E-state index in [2.05, 4.69) is 15.0 Å². The predicted molar refractivity (Wildman–Crippen MR) is 135 cm³/mol. The number of hydrogen-bond donors (Lipinski definition) is 2. The molecule has 12 heteroatoms. The molecule has 1 aliphatic rings. The van der Waals surface area contributed by atoms with Crippen molar-refractivity contribution in [1.29, 1.82) is 0 Å². The number of anilines is 1. The molecule has 1 fully saturated rings. The minimum atomic E-state index is -3.65. The number of hydroxylamine groups is 1. The monoisotopic (exact) mass is 522 g/mol. The van der Waals surface area contributed by atoms with Crippen molar-refractivity contribution < 1.29 is 18.4 Å². The van der Waals surface area contributed by atoms with Gasteiger partial charge in [-0.1, -0.05) is 18.2 Å². The first-order valence-electron chi connectivity index (χ1n) is 11.1. The van der Waals surface area contributed by atoms with Crippen LogP contribution in [0.15, 0.2) is 78.1 Å². The van der Waals surface area contributed by atoms with Crippen molar-refractivity contribution in [3.8, 4) is 21.0 Å². The normalized spacial score (nSPS) is 14.5. The summed E-state index contributed by atoms with van der Waals surface area (Å²) in [5, 5.41) is 8.69. The number of thiophene rings is 1. The first-order chi connectivity index (χ1) is 17.5. The van der Waals surface area contributed by atoms with Gasteiger partial charge in [-0.25, -0.2) is 23.9 Å². The molecule has 36 heavy (non-hydrogen) atoms. The second-order valence-electron chi connectivity index (χ2n) is 8.01. The van der Waals surface area contributed by atoms with Crippen molar-refractivity contribution in [3.63, 3.8) is 0 Å². The number of rotatable bonds is 6. The number of piperazine rings is 1. The number of hydrogen-bond acceptors (Lipinski definition) is 9. The van der Waals surface area contributed by atoms with E-state index in [0.29, 0.717) is 19.0 Å². The summed E-state index contributed by atoms with van der Waals surface area (Å²) < 4.78 is 27.9. The molecule has 0 bridgehead atoms. The highest BCUT2D eigenvalue weighted by atomic mass is 32.2. The molecule has 3 aromatic heterocycles. The Hall–Kier alpha value is -3.71. The maximum atomic E-state index is 13.2. The zero-order chi connectivity index (χ0) is 25.1. The van der Waals surface area contributed by atoms with Gasteiger partial charge < -0.3 is 4.90 Å². The van der Waals surface area contributed by atoms with Crippen LogP contribution in [0.2, 0.25) is 0 Å². The average Bonchev–Trinajstić information content (AvgIpc) is 3.44. The zero-order valence-electron chi connectivity index (χ0n) is 19.0. The van der Waals surface area contributed by atoms with Crippen molar-refractivity contribution in [1.82, 2.24) is 24.7 Å². The Kier molecular flexibility index (Phi) is 6.74. The fourth-order valence-corrected chi connectivity index (χ4v) is 6.28. The van der Waals surface area contributed by atoms with Crippen LogP contribution in [-0.4, -0.2) is 65.0 Å². The Morgan fingerprint density at radius 2 is 1.58 bits per heavy atom. The van der Waals surface area contributed by atoms with E-state index in [1.165, 1.54) is 22.2 Å². The standard InChI is InChI=1S/C24H22N6O4S2/c31-23(28-32)18-15-26-24(27-16-18)29-11-13-30(14-12-29)36(33,34)19-6-4-17(5-7-19)21-8-9-22(35-21)20-3-1-2-10-25-20/h1-10,15-16,32H,11-14H2,(H,28,31). The van der Waals surface area contributed by atoms with E-state index < -0.39 is 15.9 Å². The van der Waals surface area contributed by atoms with E-state index in [4.69, 9.17) is 5.21 Å². The van der Waals surface area contributed by atoms with Crippen LogP contribution in [0.25, 0.3) is 21.0 Å². The highest BCUT2D eigenvalue weighted by molar-refractivity contribution is 7.89. The number of aromatic nitrogens is 3. The molecule has 10 nitrogen and oxygen atoms in total. The van der Waals surface area contributed by atoms with Gasteiger partial charge in [-0.05, 0) is 42.0 Å². The van der Waals surface area contributed by atoms with Gasteiger partial charge >= 0.3 is 0 Å². The lowest BCUT2D eigenvalue weighted by molar-refractivity contribution is 0.0705. The summed E-state index contributed by atoms with van der Waals surface area (Å²) in [5.41, 5.74) is 3.51. The summed E-state index contributed by atoms with van der Waals surface area (Å²) in [6, 6.07) is 16.8. The van der Waals surface area contributed by atoms with Gasteiger partial charge in [-0.3, -0.25) is 15.0 Å². The molecule has 2 N–H and O–H groups in total. The summed E-state index contributed by atoms with van der Waals surface area (Å²) in [4.78, 5) is 28.3. The average molecular weight is 523 g/mol. The summed E-state index contributed by atoms with van der Waals surface area (Å²) in [7, 11) is -3.65. The second kappa shape index (κ2) is 10.1. The van der Waals surface area contributed by atoms with Gasteiger partial charge in [0.1, 0.15) is 0 Å². The topological polar surface area (TPSA) is 129 Å². The Labute approximate surface area is 211 Å². The van der Waals surface area contributed by atoms with Gasteiger partial charge in [0.2, 0.25) is 16.0 Å². The summed E-state index contributed by atoms with van der Waals surface area (Å²) >= 11 is 1.61. The molecule has 0 unspecified atom stereocenters. The number of sulfonamides is 1. The minimum absolute atomic E-state index is 0.126. The van der Waals surface area contributed by atoms with Gasteiger partial charge in [0.15, 0.2) is 0 Å². The quantitative estimate of drug-likeness (QED) is 0.292. The highest BCUT2D eigenvalue weighted by Gasteiger charge is 2.29. The first kappa shape index (κ1) is 24.0. The third-order valence-electron chi connectivity index (χ3n) is 5.82. The number of nitrogens with one attached hydrogen (secondary N) is 1. The number of carbonyl (C=O) groups is 1. The molecule has 0 radical (unpaired) electrons. The number of pyridine rings is 1. The molecular weight excluding hydrogens is 500 g/mol. The Morgan fingerprint density at radius 3 is 2.22 bits per heavy atom.